The lowest BCUT2D eigenvalue weighted by atomic mass is 10.1. The number of aryl methyl sites for hydroxylation is 2. The predicted octanol–water partition coefficient (Wildman–Crippen LogP) is 4.22. The Labute approximate surface area is 172 Å². The first kappa shape index (κ1) is 21.6. The van der Waals surface area contributed by atoms with Crippen LogP contribution in [0.25, 0.3) is 0 Å². The number of anilines is 2. The van der Waals surface area contributed by atoms with Crippen molar-refractivity contribution in [3.05, 3.63) is 58.1 Å². The highest BCUT2D eigenvalue weighted by molar-refractivity contribution is 9.10. The Balaban J connectivity index is 1.69. The third kappa shape index (κ3) is 7.15. The summed E-state index contributed by atoms with van der Waals surface area (Å²) in [7, 11) is 0. The number of ether oxygens (including phenoxy) is 1. The van der Waals surface area contributed by atoms with E-state index in [0.717, 1.165) is 16.5 Å². The van der Waals surface area contributed by atoms with Crippen molar-refractivity contribution in [2.24, 2.45) is 0 Å². The van der Waals surface area contributed by atoms with E-state index in [0.29, 0.717) is 11.4 Å². The standard InChI is InChI=1S/C21H23BrN2O4/c1-3-15-4-7-17(8-5-15)23-20(26)13-28-21(27)11-10-19(25)24-18-9-6-16(22)12-14(18)2/h4-9,12H,3,10-11,13H2,1-2H3,(H,23,26)(H,24,25). The molecule has 0 heterocycles. The van der Waals surface area contributed by atoms with Crippen LogP contribution in [-0.4, -0.2) is 24.4 Å². The van der Waals surface area contributed by atoms with Gasteiger partial charge in [0.2, 0.25) is 5.91 Å². The Morgan fingerprint density at radius 1 is 0.964 bits per heavy atom. The summed E-state index contributed by atoms with van der Waals surface area (Å²) >= 11 is 3.36. The number of hydrogen-bond acceptors (Lipinski definition) is 4. The maximum atomic E-state index is 12.0. The topological polar surface area (TPSA) is 84.5 Å². The van der Waals surface area contributed by atoms with Crippen LogP contribution in [0.1, 0.15) is 30.9 Å². The normalized spacial score (nSPS) is 10.2. The maximum Gasteiger partial charge on any atom is 0.306 e. The molecule has 0 unspecified atom stereocenters. The van der Waals surface area contributed by atoms with Crippen molar-refractivity contribution in [2.75, 3.05) is 17.2 Å². The zero-order chi connectivity index (χ0) is 20.5. The number of halogens is 1. The quantitative estimate of drug-likeness (QED) is 0.594. The third-order valence-electron chi connectivity index (χ3n) is 4.03. The van der Waals surface area contributed by atoms with E-state index < -0.39 is 11.9 Å². The smallest absolute Gasteiger partial charge is 0.306 e. The van der Waals surface area contributed by atoms with Crippen LogP contribution in [0.2, 0.25) is 0 Å². The van der Waals surface area contributed by atoms with Crippen LogP contribution in [0, 0.1) is 6.92 Å². The first-order valence-corrected chi connectivity index (χ1v) is 9.77. The van der Waals surface area contributed by atoms with Crippen molar-refractivity contribution in [1.82, 2.24) is 0 Å². The monoisotopic (exact) mass is 446 g/mol. The van der Waals surface area contributed by atoms with Crippen molar-refractivity contribution in [3.63, 3.8) is 0 Å². The number of amides is 2. The lowest BCUT2D eigenvalue weighted by molar-refractivity contribution is -0.147. The molecule has 0 spiro atoms. The fraction of sp³-hybridized carbons (Fsp3) is 0.286. The van der Waals surface area contributed by atoms with Gasteiger partial charge in [-0.3, -0.25) is 14.4 Å². The maximum absolute atomic E-state index is 12.0. The van der Waals surface area contributed by atoms with Crippen LogP contribution in [0.4, 0.5) is 11.4 Å². The van der Waals surface area contributed by atoms with Gasteiger partial charge in [0.05, 0.1) is 6.42 Å². The van der Waals surface area contributed by atoms with Gasteiger partial charge in [-0.25, -0.2) is 0 Å². The summed E-state index contributed by atoms with van der Waals surface area (Å²) in [5, 5.41) is 5.41. The molecule has 0 saturated heterocycles. The van der Waals surface area contributed by atoms with Crippen molar-refractivity contribution in [1.29, 1.82) is 0 Å². The highest BCUT2D eigenvalue weighted by Gasteiger charge is 2.12. The summed E-state index contributed by atoms with van der Waals surface area (Å²) in [6, 6.07) is 12.9. The van der Waals surface area contributed by atoms with Crippen molar-refractivity contribution < 1.29 is 19.1 Å². The SMILES string of the molecule is CCc1ccc(NC(=O)COC(=O)CCC(=O)Nc2ccc(Br)cc2C)cc1. The van der Waals surface area contributed by atoms with Crippen LogP contribution < -0.4 is 10.6 Å². The van der Waals surface area contributed by atoms with Gasteiger partial charge in [-0.2, -0.15) is 0 Å². The molecule has 0 aliphatic heterocycles. The molecule has 2 rings (SSSR count). The second-order valence-electron chi connectivity index (χ2n) is 6.27. The first-order chi connectivity index (χ1) is 13.4. The molecule has 0 saturated carbocycles. The summed E-state index contributed by atoms with van der Waals surface area (Å²) in [6.07, 6.45) is 0.801. The second kappa shape index (κ2) is 10.6. The fourth-order valence-electron chi connectivity index (χ4n) is 2.43. The molecule has 0 fully saturated rings. The van der Waals surface area contributed by atoms with Gasteiger partial charge in [-0.05, 0) is 54.8 Å². The number of carbonyl (C=O) groups excluding carboxylic acids is 3. The molecule has 2 aromatic carbocycles. The van der Waals surface area contributed by atoms with E-state index in [4.69, 9.17) is 4.74 Å². The van der Waals surface area contributed by atoms with Gasteiger partial charge in [-0.15, -0.1) is 0 Å². The number of hydrogen-bond donors (Lipinski definition) is 2. The van der Waals surface area contributed by atoms with E-state index in [1.54, 1.807) is 18.2 Å². The summed E-state index contributed by atoms with van der Waals surface area (Å²) < 4.78 is 5.85. The molecule has 0 aromatic heterocycles. The van der Waals surface area contributed by atoms with Gasteiger partial charge >= 0.3 is 5.97 Å². The number of esters is 1. The van der Waals surface area contributed by atoms with E-state index in [1.165, 1.54) is 5.56 Å². The van der Waals surface area contributed by atoms with Crippen molar-refractivity contribution in [3.8, 4) is 0 Å². The van der Waals surface area contributed by atoms with Gasteiger partial charge in [0, 0.05) is 22.3 Å². The van der Waals surface area contributed by atoms with E-state index >= 15 is 0 Å². The molecule has 0 aliphatic carbocycles. The minimum Gasteiger partial charge on any atom is -0.456 e. The fourth-order valence-corrected chi connectivity index (χ4v) is 2.91. The highest BCUT2D eigenvalue weighted by atomic mass is 79.9. The lowest BCUT2D eigenvalue weighted by Gasteiger charge is -2.09. The summed E-state index contributed by atoms with van der Waals surface area (Å²) in [4.78, 5) is 35.6. The van der Waals surface area contributed by atoms with Crippen LogP contribution in [0.5, 0.6) is 0 Å². The molecule has 0 atom stereocenters. The van der Waals surface area contributed by atoms with Crippen LogP contribution in [-0.2, 0) is 25.5 Å². The second-order valence-corrected chi connectivity index (χ2v) is 7.18. The van der Waals surface area contributed by atoms with E-state index in [9.17, 15) is 14.4 Å². The Hall–Kier alpha value is -2.67. The largest absolute Gasteiger partial charge is 0.456 e. The average molecular weight is 447 g/mol. The molecule has 2 aromatic rings. The molecule has 7 heteroatoms. The zero-order valence-electron chi connectivity index (χ0n) is 15.9. The number of benzene rings is 2. The zero-order valence-corrected chi connectivity index (χ0v) is 17.5. The van der Waals surface area contributed by atoms with Crippen LogP contribution in [0.15, 0.2) is 46.9 Å². The molecule has 6 nitrogen and oxygen atoms in total. The van der Waals surface area contributed by atoms with Gasteiger partial charge in [0.25, 0.3) is 5.91 Å². The number of nitrogens with one attached hydrogen (secondary N) is 2. The van der Waals surface area contributed by atoms with E-state index in [1.807, 2.05) is 38.1 Å². The third-order valence-corrected chi connectivity index (χ3v) is 4.52. The number of rotatable bonds is 8. The van der Waals surface area contributed by atoms with Gasteiger partial charge in [-0.1, -0.05) is 35.0 Å². The van der Waals surface area contributed by atoms with Crippen LogP contribution >= 0.6 is 15.9 Å². The first-order valence-electron chi connectivity index (χ1n) is 8.97. The Morgan fingerprint density at radius 2 is 1.68 bits per heavy atom. The summed E-state index contributed by atoms with van der Waals surface area (Å²) in [6.45, 7) is 3.54. The molecule has 28 heavy (non-hydrogen) atoms. The Morgan fingerprint density at radius 3 is 2.32 bits per heavy atom. The van der Waals surface area contributed by atoms with Gasteiger partial charge in [0.15, 0.2) is 6.61 Å². The molecule has 2 amide bonds. The van der Waals surface area contributed by atoms with Gasteiger partial charge < -0.3 is 15.4 Å². The van der Waals surface area contributed by atoms with E-state index in [2.05, 4.69) is 26.6 Å². The minimum atomic E-state index is -0.598. The minimum absolute atomic E-state index is 0.0194. The Kier molecular flexibility index (Phi) is 8.19. The summed E-state index contributed by atoms with van der Waals surface area (Å²) in [5.41, 5.74) is 3.41. The van der Waals surface area contributed by atoms with Gasteiger partial charge in [0.1, 0.15) is 0 Å². The Bertz CT molecular complexity index is 850. The molecule has 148 valence electrons. The van der Waals surface area contributed by atoms with Crippen LogP contribution in [0.3, 0.4) is 0 Å². The molecule has 0 radical (unpaired) electrons. The van der Waals surface area contributed by atoms with Crippen molar-refractivity contribution in [2.45, 2.75) is 33.1 Å². The molecular weight excluding hydrogens is 424 g/mol. The van der Waals surface area contributed by atoms with Crippen molar-refractivity contribution >= 4 is 45.1 Å². The summed E-state index contributed by atoms with van der Waals surface area (Å²) in [5.74, 6) is -1.31. The highest BCUT2D eigenvalue weighted by Crippen LogP contribution is 2.20. The molecule has 0 bridgehead atoms. The molecular formula is C21H23BrN2O4. The molecule has 2 N–H and O–H groups in total. The number of carbonyl (C=O) groups is 3. The average Bonchev–Trinajstić information content (AvgIpc) is 2.67. The predicted molar refractivity (Wildman–Crippen MR) is 112 cm³/mol. The lowest BCUT2D eigenvalue weighted by Crippen LogP contribution is -2.21. The molecule has 0 aliphatic rings. The van der Waals surface area contributed by atoms with E-state index in [-0.39, 0.29) is 25.4 Å².